The van der Waals surface area contributed by atoms with Gasteiger partial charge in [0.05, 0.1) is 0 Å². The average Bonchev–Trinajstić information content (AvgIpc) is 2.70. The van der Waals surface area contributed by atoms with E-state index >= 15 is 0 Å². The van der Waals surface area contributed by atoms with Crippen molar-refractivity contribution in [1.82, 2.24) is 0 Å². The molecule has 2 aromatic carbocycles. The van der Waals surface area contributed by atoms with Crippen LogP contribution in [0.2, 0.25) is 0 Å². The van der Waals surface area contributed by atoms with Crippen LogP contribution in [0.4, 0.5) is 4.79 Å². The van der Waals surface area contributed by atoms with E-state index in [4.69, 9.17) is 9.47 Å². The highest BCUT2D eigenvalue weighted by molar-refractivity contribution is 5.94. The smallest absolute Gasteiger partial charge is 0.424 e. The third kappa shape index (κ3) is 1.95. The van der Waals surface area contributed by atoms with Gasteiger partial charge in [0.15, 0.2) is 11.7 Å². The van der Waals surface area contributed by atoms with Crippen LogP contribution in [0.3, 0.4) is 0 Å². The quantitative estimate of drug-likeness (QED) is 0.767. The van der Waals surface area contributed by atoms with E-state index < -0.39 is 17.9 Å². The zero-order valence-corrected chi connectivity index (χ0v) is 11.6. The SMILES string of the molecule is C=C(c1cccc2ccccc12)C1OC(=O)OC1(C)C. The molecule has 1 aliphatic heterocycles. The highest BCUT2D eigenvalue weighted by Gasteiger charge is 2.45. The molecule has 3 nitrogen and oxygen atoms in total. The van der Waals surface area contributed by atoms with Crippen molar-refractivity contribution in [1.29, 1.82) is 0 Å². The van der Waals surface area contributed by atoms with Crippen molar-refractivity contribution in [2.45, 2.75) is 25.6 Å². The van der Waals surface area contributed by atoms with Gasteiger partial charge in [0.1, 0.15) is 0 Å². The van der Waals surface area contributed by atoms with Crippen LogP contribution < -0.4 is 0 Å². The fourth-order valence-corrected chi connectivity index (χ4v) is 2.67. The fraction of sp³-hybridized carbons (Fsp3) is 0.235. The summed E-state index contributed by atoms with van der Waals surface area (Å²) >= 11 is 0. The maximum atomic E-state index is 11.4. The number of hydrogen-bond acceptors (Lipinski definition) is 3. The summed E-state index contributed by atoms with van der Waals surface area (Å²) in [6.07, 6.45) is -1.11. The van der Waals surface area contributed by atoms with Crippen molar-refractivity contribution in [3.05, 3.63) is 54.6 Å². The van der Waals surface area contributed by atoms with E-state index in [0.717, 1.165) is 21.9 Å². The molecule has 1 atom stereocenters. The topological polar surface area (TPSA) is 35.5 Å². The molecule has 0 spiro atoms. The fourth-order valence-electron chi connectivity index (χ4n) is 2.67. The van der Waals surface area contributed by atoms with Gasteiger partial charge in [0, 0.05) is 0 Å². The van der Waals surface area contributed by atoms with E-state index in [1.165, 1.54) is 0 Å². The molecule has 0 bridgehead atoms. The molecule has 1 fully saturated rings. The van der Waals surface area contributed by atoms with Crippen molar-refractivity contribution in [3.8, 4) is 0 Å². The van der Waals surface area contributed by atoms with E-state index in [1.54, 1.807) is 0 Å². The van der Waals surface area contributed by atoms with Gasteiger partial charge in [0.2, 0.25) is 0 Å². The van der Waals surface area contributed by atoms with Gasteiger partial charge in [-0.3, -0.25) is 0 Å². The van der Waals surface area contributed by atoms with Crippen LogP contribution in [0.5, 0.6) is 0 Å². The number of hydrogen-bond donors (Lipinski definition) is 0. The molecule has 0 amide bonds. The molecule has 1 heterocycles. The highest BCUT2D eigenvalue weighted by Crippen LogP contribution is 2.37. The van der Waals surface area contributed by atoms with Crippen LogP contribution >= 0.6 is 0 Å². The Morgan fingerprint density at radius 2 is 1.85 bits per heavy atom. The Balaban J connectivity index is 2.08. The van der Waals surface area contributed by atoms with Crippen LogP contribution in [-0.2, 0) is 9.47 Å². The Hall–Kier alpha value is -2.29. The summed E-state index contributed by atoms with van der Waals surface area (Å²) in [7, 11) is 0. The van der Waals surface area contributed by atoms with E-state index in [2.05, 4.69) is 18.7 Å². The van der Waals surface area contributed by atoms with E-state index in [0.29, 0.717) is 0 Å². The maximum absolute atomic E-state index is 11.4. The molecule has 0 saturated carbocycles. The lowest BCUT2D eigenvalue weighted by Crippen LogP contribution is -2.33. The van der Waals surface area contributed by atoms with Crippen molar-refractivity contribution in [2.75, 3.05) is 0 Å². The summed E-state index contributed by atoms with van der Waals surface area (Å²) in [6.45, 7) is 7.79. The first-order valence-corrected chi connectivity index (χ1v) is 6.55. The van der Waals surface area contributed by atoms with Crippen LogP contribution in [-0.4, -0.2) is 17.9 Å². The van der Waals surface area contributed by atoms with Crippen LogP contribution in [0.25, 0.3) is 16.3 Å². The Morgan fingerprint density at radius 3 is 2.55 bits per heavy atom. The predicted octanol–water partition coefficient (Wildman–Crippen LogP) is 4.17. The van der Waals surface area contributed by atoms with Gasteiger partial charge < -0.3 is 9.47 Å². The third-order valence-electron chi connectivity index (χ3n) is 3.64. The molecule has 0 aliphatic carbocycles. The van der Waals surface area contributed by atoms with Crippen LogP contribution in [0, 0.1) is 0 Å². The first-order chi connectivity index (χ1) is 9.49. The Kier molecular flexibility index (Phi) is 2.78. The lowest BCUT2D eigenvalue weighted by atomic mass is 9.89. The van der Waals surface area contributed by atoms with Crippen LogP contribution in [0.1, 0.15) is 19.4 Å². The standard InChI is InChI=1S/C17H16O3/c1-11(15-17(2,3)20-16(18)19-15)13-10-6-8-12-7-4-5-9-14(12)13/h4-10,15H,1H2,2-3H3. The largest absolute Gasteiger partial charge is 0.509 e. The number of cyclic esters (lactones) is 2. The van der Waals surface area contributed by atoms with E-state index in [1.807, 2.05) is 44.2 Å². The maximum Gasteiger partial charge on any atom is 0.509 e. The molecule has 0 N–H and O–H groups in total. The Morgan fingerprint density at radius 1 is 1.15 bits per heavy atom. The molecule has 20 heavy (non-hydrogen) atoms. The molecular formula is C17H16O3. The molecule has 3 heteroatoms. The molecule has 1 aliphatic rings. The predicted molar refractivity (Wildman–Crippen MR) is 78.4 cm³/mol. The van der Waals surface area contributed by atoms with Gasteiger partial charge in [-0.25, -0.2) is 4.79 Å². The van der Waals surface area contributed by atoms with Gasteiger partial charge in [-0.2, -0.15) is 0 Å². The lowest BCUT2D eigenvalue weighted by Gasteiger charge is -2.24. The normalized spacial score (nSPS) is 20.5. The number of ether oxygens (including phenoxy) is 2. The molecule has 3 rings (SSSR count). The molecule has 1 saturated heterocycles. The minimum Gasteiger partial charge on any atom is -0.424 e. The van der Waals surface area contributed by atoms with Gasteiger partial charge in [-0.1, -0.05) is 49.0 Å². The molecule has 1 unspecified atom stereocenters. The summed E-state index contributed by atoms with van der Waals surface area (Å²) < 4.78 is 10.5. The Bertz CT molecular complexity index is 695. The summed E-state index contributed by atoms with van der Waals surface area (Å²) in [6, 6.07) is 14.1. The number of carbonyl (C=O) groups excluding carboxylic acids is 1. The molecule has 0 aromatic heterocycles. The number of benzene rings is 2. The minimum absolute atomic E-state index is 0.471. The molecule has 102 valence electrons. The second kappa shape index (κ2) is 4.37. The first-order valence-electron chi connectivity index (χ1n) is 6.55. The number of fused-ring (bicyclic) bond motifs is 1. The van der Waals surface area contributed by atoms with Crippen molar-refractivity contribution < 1.29 is 14.3 Å². The summed E-state index contributed by atoms with van der Waals surface area (Å²) in [5.74, 6) is 0. The second-order valence-corrected chi connectivity index (χ2v) is 5.51. The van der Waals surface area contributed by atoms with Gasteiger partial charge in [0.25, 0.3) is 0 Å². The average molecular weight is 268 g/mol. The van der Waals surface area contributed by atoms with Crippen molar-refractivity contribution in [3.63, 3.8) is 0 Å². The monoisotopic (exact) mass is 268 g/mol. The van der Waals surface area contributed by atoms with Crippen molar-refractivity contribution in [2.24, 2.45) is 0 Å². The van der Waals surface area contributed by atoms with Gasteiger partial charge in [-0.05, 0) is 35.8 Å². The zero-order chi connectivity index (χ0) is 14.3. The summed E-state index contributed by atoms with van der Waals surface area (Å²) in [5, 5.41) is 2.23. The van der Waals surface area contributed by atoms with Gasteiger partial charge in [-0.15, -0.1) is 0 Å². The summed E-state index contributed by atoms with van der Waals surface area (Å²) in [5.41, 5.74) is 1.04. The third-order valence-corrected chi connectivity index (χ3v) is 3.64. The second-order valence-electron chi connectivity index (χ2n) is 5.51. The lowest BCUT2D eigenvalue weighted by molar-refractivity contribution is 0.0780. The molecule has 0 radical (unpaired) electrons. The van der Waals surface area contributed by atoms with Crippen LogP contribution in [0.15, 0.2) is 49.0 Å². The summed E-state index contributed by atoms with van der Waals surface area (Å²) in [4.78, 5) is 11.4. The number of rotatable bonds is 2. The minimum atomic E-state index is -0.703. The van der Waals surface area contributed by atoms with Gasteiger partial charge >= 0.3 is 6.16 Å². The number of carbonyl (C=O) groups is 1. The van der Waals surface area contributed by atoms with E-state index in [9.17, 15) is 4.79 Å². The molecule has 2 aromatic rings. The highest BCUT2D eigenvalue weighted by atomic mass is 16.8. The first kappa shape index (κ1) is 12.7. The molecular weight excluding hydrogens is 252 g/mol. The van der Waals surface area contributed by atoms with Crippen molar-refractivity contribution >= 4 is 22.5 Å². The Labute approximate surface area is 117 Å². The zero-order valence-electron chi connectivity index (χ0n) is 11.6. The van der Waals surface area contributed by atoms with E-state index in [-0.39, 0.29) is 0 Å².